The molecule has 0 saturated carbocycles. The van der Waals surface area contributed by atoms with E-state index in [4.69, 9.17) is 19.9 Å². The van der Waals surface area contributed by atoms with Gasteiger partial charge >= 0.3 is 0 Å². The van der Waals surface area contributed by atoms with Crippen LogP contribution in [0.5, 0.6) is 0 Å². The molecule has 12 heterocycles. The summed E-state index contributed by atoms with van der Waals surface area (Å²) in [5.74, 6) is 0. The van der Waals surface area contributed by atoms with Crippen LogP contribution in [-0.2, 0) is 0 Å². The van der Waals surface area contributed by atoms with Gasteiger partial charge in [0.15, 0.2) is 0 Å². The topological polar surface area (TPSA) is 155 Å². The molecule has 4 aromatic carbocycles. The maximum absolute atomic E-state index is 4.98. The molecule has 16 aromatic rings. The summed E-state index contributed by atoms with van der Waals surface area (Å²) in [5.41, 5.74) is 21.5. The third-order valence-electron chi connectivity index (χ3n) is 15.8. The van der Waals surface area contributed by atoms with Crippen molar-refractivity contribution in [2.24, 2.45) is 0 Å². The van der Waals surface area contributed by atoms with Crippen LogP contribution in [0.3, 0.4) is 0 Å². The van der Waals surface area contributed by atoms with Gasteiger partial charge in [-0.1, -0.05) is 109 Å². The maximum atomic E-state index is 4.98. The first-order chi connectivity index (χ1) is 45.6. The molecular weight excluding hydrogens is 1130 g/mol. The Morgan fingerprint density at radius 1 is 0.152 bits per heavy atom. The second kappa shape index (κ2) is 25.5. The quantitative estimate of drug-likeness (QED) is 0.114. The van der Waals surface area contributed by atoms with Gasteiger partial charge in [0.25, 0.3) is 0 Å². The molecule has 0 aliphatic carbocycles. The molecule has 92 heavy (non-hydrogen) atoms. The number of hydrogen-bond donors (Lipinski definition) is 0. The van der Waals surface area contributed by atoms with Crippen LogP contribution in [0.15, 0.2) is 316 Å². The van der Waals surface area contributed by atoms with Gasteiger partial charge in [0.2, 0.25) is 0 Å². The Kier molecular flexibility index (Phi) is 15.5. The normalized spacial score (nSPS) is 11.0. The van der Waals surface area contributed by atoms with Crippen LogP contribution in [0.25, 0.3) is 157 Å². The van der Waals surface area contributed by atoms with E-state index in [0.29, 0.717) is 0 Å². The number of nitrogens with zero attached hydrogens (tertiary/aromatic N) is 12. The number of pyridine rings is 12. The fourth-order valence-corrected chi connectivity index (χ4v) is 11.3. The minimum absolute atomic E-state index is 0.793. The molecule has 0 atom stereocenters. The van der Waals surface area contributed by atoms with Crippen molar-refractivity contribution >= 4 is 21.5 Å². The first-order valence-electron chi connectivity index (χ1n) is 30.0. The molecule has 0 aliphatic rings. The highest BCUT2D eigenvalue weighted by molar-refractivity contribution is 6.05. The van der Waals surface area contributed by atoms with Gasteiger partial charge in [0, 0.05) is 49.6 Å². The van der Waals surface area contributed by atoms with E-state index in [1.54, 1.807) is 49.6 Å². The third-order valence-corrected chi connectivity index (χ3v) is 15.8. The van der Waals surface area contributed by atoms with Crippen molar-refractivity contribution in [3.8, 4) is 136 Å². The molecule has 12 heteroatoms. The lowest BCUT2D eigenvalue weighted by Crippen LogP contribution is -1.95. The highest BCUT2D eigenvalue weighted by Crippen LogP contribution is 2.40. The third kappa shape index (κ3) is 12.0. The molecule has 0 aliphatic heterocycles. The SMILES string of the molecule is c1ccc(-c2cc(-c3ccc4cc(-c5cc(-c6ccccn6)nc(-c6ccccn6)c5)ccc4c3)cc(-c3ccccn3)n2)nc1.c1ccc(-c2cc(-c3cccc4c(-c5cc(-c6ccccn6)nc(-c6ccccn6)c5)cccc34)cc(-c3ccccn3)n2)nc1. The van der Waals surface area contributed by atoms with Crippen molar-refractivity contribution in [1.82, 2.24) is 59.8 Å². The van der Waals surface area contributed by atoms with Gasteiger partial charge in [0.05, 0.1) is 91.1 Å². The molecule has 12 nitrogen and oxygen atoms in total. The molecule has 0 radical (unpaired) electrons. The van der Waals surface area contributed by atoms with E-state index in [1.807, 2.05) is 146 Å². The lowest BCUT2D eigenvalue weighted by atomic mass is 9.92. The number of aromatic nitrogens is 12. The Labute approximate surface area is 530 Å². The summed E-state index contributed by atoms with van der Waals surface area (Å²) in [5, 5.41) is 4.53. The molecule has 0 spiro atoms. The van der Waals surface area contributed by atoms with E-state index in [2.05, 4.69) is 161 Å². The molecule has 432 valence electrons. The van der Waals surface area contributed by atoms with Crippen molar-refractivity contribution in [2.45, 2.75) is 0 Å². The van der Waals surface area contributed by atoms with Gasteiger partial charge in [-0.3, -0.25) is 39.9 Å². The average molecular weight is 1180 g/mol. The van der Waals surface area contributed by atoms with Crippen LogP contribution < -0.4 is 0 Å². The van der Waals surface area contributed by atoms with Gasteiger partial charge in [-0.05, 0) is 224 Å². The summed E-state index contributed by atoms with van der Waals surface area (Å²) in [6, 6.07) is 89.9. The van der Waals surface area contributed by atoms with Gasteiger partial charge in [0.1, 0.15) is 0 Å². The lowest BCUT2D eigenvalue weighted by Gasteiger charge is -2.15. The molecule has 0 fully saturated rings. The van der Waals surface area contributed by atoms with Gasteiger partial charge in [-0.25, -0.2) is 19.9 Å². The standard InChI is InChI=1S/2C40H26N6/c1-5-19-41-33(15-1)37-23-27(24-38(45-37)34-16-2-6-20-42-34)29-11-9-14-32-30(12-10-13-31(29)32)28-25-39(35-17-3-7-21-43-35)46-40(26-28)36-18-4-8-22-44-36;1-5-17-41-33(9-1)37-23-31(24-38(45-37)34-10-2-6-18-42-34)29-15-13-28-22-30(16-14-27(28)21-29)32-25-39(35-11-3-7-19-43-35)46-40(26-32)36-12-4-8-20-44-36/h2*1-26H. The fraction of sp³-hybridized carbons (Fsp3) is 0. The van der Waals surface area contributed by atoms with Crippen molar-refractivity contribution in [2.75, 3.05) is 0 Å². The zero-order valence-corrected chi connectivity index (χ0v) is 49.4. The molecule has 16 rings (SSSR count). The van der Waals surface area contributed by atoms with E-state index < -0.39 is 0 Å². The molecule has 0 bridgehead atoms. The highest BCUT2D eigenvalue weighted by atomic mass is 14.8. The summed E-state index contributed by atoms with van der Waals surface area (Å²) in [6.07, 6.45) is 14.3. The lowest BCUT2D eigenvalue weighted by molar-refractivity contribution is 1.22. The van der Waals surface area contributed by atoms with Crippen molar-refractivity contribution in [3.05, 3.63) is 316 Å². The molecule has 12 aromatic heterocycles. The first kappa shape index (κ1) is 55.8. The van der Waals surface area contributed by atoms with E-state index in [-0.39, 0.29) is 0 Å². The van der Waals surface area contributed by atoms with Crippen molar-refractivity contribution in [1.29, 1.82) is 0 Å². The van der Waals surface area contributed by atoms with Gasteiger partial charge in [-0.15, -0.1) is 0 Å². The van der Waals surface area contributed by atoms with Crippen molar-refractivity contribution in [3.63, 3.8) is 0 Å². The highest BCUT2D eigenvalue weighted by Gasteiger charge is 2.18. The second-order valence-corrected chi connectivity index (χ2v) is 21.7. The molecule has 0 amide bonds. The Bertz CT molecular complexity index is 4690. The smallest absolute Gasteiger partial charge is 0.0900 e. The molecule has 0 saturated heterocycles. The summed E-state index contributed by atoms with van der Waals surface area (Å²) >= 11 is 0. The van der Waals surface area contributed by atoms with E-state index in [1.165, 1.54) is 0 Å². The minimum Gasteiger partial charge on any atom is -0.255 e. The van der Waals surface area contributed by atoms with E-state index in [9.17, 15) is 0 Å². The zero-order valence-electron chi connectivity index (χ0n) is 49.4. The number of benzene rings is 4. The van der Waals surface area contributed by atoms with Crippen LogP contribution in [0.1, 0.15) is 0 Å². The molecular formula is C80H52N12. The fourth-order valence-electron chi connectivity index (χ4n) is 11.3. The van der Waals surface area contributed by atoms with Crippen molar-refractivity contribution < 1.29 is 0 Å². The zero-order chi connectivity index (χ0) is 61.4. The molecule has 0 unspecified atom stereocenters. The Morgan fingerprint density at radius 2 is 0.380 bits per heavy atom. The monoisotopic (exact) mass is 1180 g/mol. The summed E-state index contributed by atoms with van der Waals surface area (Å²) < 4.78 is 0. The van der Waals surface area contributed by atoms with Crippen LogP contribution in [0.4, 0.5) is 0 Å². The number of rotatable bonds is 12. The van der Waals surface area contributed by atoms with Crippen LogP contribution >= 0.6 is 0 Å². The minimum atomic E-state index is 0.793. The van der Waals surface area contributed by atoms with Crippen LogP contribution in [-0.4, -0.2) is 59.8 Å². The maximum Gasteiger partial charge on any atom is 0.0900 e. The predicted molar refractivity (Wildman–Crippen MR) is 367 cm³/mol. The van der Waals surface area contributed by atoms with Crippen LogP contribution in [0, 0.1) is 0 Å². The summed E-state index contributed by atoms with van der Waals surface area (Å²) in [6.45, 7) is 0. The van der Waals surface area contributed by atoms with Gasteiger partial charge in [-0.2, -0.15) is 0 Å². The second-order valence-electron chi connectivity index (χ2n) is 21.7. The van der Waals surface area contributed by atoms with Crippen LogP contribution in [0.2, 0.25) is 0 Å². The number of fused-ring (bicyclic) bond motifs is 2. The summed E-state index contributed by atoms with van der Waals surface area (Å²) in [7, 11) is 0. The van der Waals surface area contributed by atoms with E-state index in [0.717, 1.165) is 157 Å². The van der Waals surface area contributed by atoms with E-state index >= 15 is 0 Å². The average Bonchev–Trinajstić information content (AvgIpc) is 0.886. The predicted octanol–water partition coefficient (Wildman–Crippen LogP) is 18.4. The first-order valence-corrected chi connectivity index (χ1v) is 30.0. The molecule has 0 N–H and O–H groups in total. The Morgan fingerprint density at radius 3 is 0.598 bits per heavy atom. The largest absolute Gasteiger partial charge is 0.255 e. The number of hydrogen-bond acceptors (Lipinski definition) is 12. The Hall–Kier alpha value is -12.8. The summed E-state index contributed by atoms with van der Waals surface area (Å²) in [4.78, 5) is 56.5. The Balaban J connectivity index is 0.000000153. The van der Waals surface area contributed by atoms with Gasteiger partial charge < -0.3 is 0 Å².